The smallest absolute Gasteiger partial charge is 0.305 e. The number of anilines is 2. The van der Waals surface area contributed by atoms with Crippen LogP contribution in [0.5, 0.6) is 0 Å². The number of nitrogens with one attached hydrogen (secondary N) is 1. The van der Waals surface area contributed by atoms with Gasteiger partial charge in [0.2, 0.25) is 5.91 Å². The van der Waals surface area contributed by atoms with Crippen molar-refractivity contribution >= 4 is 35.0 Å². The molecule has 0 spiro atoms. The zero-order chi connectivity index (χ0) is 13.1. The largest absolute Gasteiger partial charge is 0.481 e. The van der Waals surface area contributed by atoms with Crippen molar-refractivity contribution in [1.29, 1.82) is 0 Å². The van der Waals surface area contributed by atoms with Gasteiger partial charge in [-0.25, -0.2) is 0 Å². The van der Waals surface area contributed by atoms with Gasteiger partial charge in [-0.3, -0.25) is 9.59 Å². The molecule has 18 heavy (non-hydrogen) atoms. The van der Waals surface area contributed by atoms with Gasteiger partial charge in [0.05, 0.1) is 17.9 Å². The van der Waals surface area contributed by atoms with Crippen molar-refractivity contribution < 1.29 is 14.7 Å². The van der Waals surface area contributed by atoms with E-state index in [0.717, 1.165) is 16.3 Å². The van der Waals surface area contributed by atoms with E-state index < -0.39 is 5.97 Å². The molecule has 0 aliphatic carbocycles. The minimum atomic E-state index is -0.896. The lowest BCUT2D eigenvalue weighted by Gasteiger charge is -2.29. The van der Waals surface area contributed by atoms with E-state index >= 15 is 0 Å². The van der Waals surface area contributed by atoms with Crippen LogP contribution in [0, 0.1) is 0 Å². The van der Waals surface area contributed by atoms with E-state index in [0.29, 0.717) is 5.75 Å². The second-order valence-corrected chi connectivity index (χ2v) is 4.93. The third kappa shape index (κ3) is 2.59. The van der Waals surface area contributed by atoms with Crippen LogP contribution < -0.4 is 10.2 Å². The van der Waals surface area contributed by atoms with Crippen LogP contribution in [0.3, 0.4) is 0 Å². The molecule has 96 valence electrons. The highest BCUT2D eigenvalue weighted by molar-refractivity contribution is 8.00. The van der Waals surface area contributed by atoms with Gasteiger partial charge < -0.3 is 15.3 Å². The third-order valence-corrected chi connectivity index (χ3v) is 3.79. The van der Waals surface area contributed by atoms with Crippen LogP contribution in [0.15, 0.2) is 23.1 Å². The van der Waals surface area contributed by atoms with E-state index in [1.165, 1.54) is 11.8 Å². The maximum Gasteiger partial charge on any atom is 0.305 e. The summed E-state index contributed by atoms with van der Waals surface area (Å²) >= 11 is 1.49. The zero-order valence-electron chi connectivity index (χ0n) is 9.97. The molecule has 1 heterocycles. The molecule has 0 aromatic heterocycles. The normalized spacial score (nSPS) is 14.3. The molecule has 2 rings (SSSR count). The van der Waals surface area contributed by atoms with E-state index in [2.05, 4.69) is 5.32 Å². The van der Waals surface area contributed by atoms with Crippen molar-refractivity contribution in [3.05, 3.63) is 18.2 Å². The van der Waals surface area contributed by atoms with Gasteiger partial charge in [-0.15, -0.1) is 11.8 Å². The van der Waals surface area contributed by atoms with E-state index in [4.69, 9.17) is 5.11 Å². The molecular weight excluding hydrogens is 252 g/mol. The minimum Gasteiger partial charge on any atom is -0.481 e. The van der Waals surface area contributed by atoms with Crippen molar-refractivity contribution in [3.63, 3.8) is 0 Å². The van der Waals surface area contributed by atoms with Crippen molar-refractivity contribution in [1.82, 2.24) is 0 Å². The predicted octanol–water partition coefficient (Wildman–Crippen LogP) is 1.64. The molecule has 1 aromatic carbocycles. The molecule has 0 unspecified atom stereocenters. The number of aliphatic carboxylic acids is 1. The third-order valence-electron chi connectivity index (χ3n) is 2.74. The highest BCUT2D eigenvalue weighted by Crippen LogP contribution is 2.37. The maximum absolute atomic E-state index is 11.9. The van der Waals surface area contributed by atoms with E-state index in [1.807, 2.05) is 18.2 Å². The van der Waals surface area contributed by atoms with Crippen LogP contribution in [0.4, 0.5) is 11.4 Å². The summed E-state index contributed by atoms with van der Waals surface area (Å²) in [6.45, 7) is 0.217. The number of nitrogens with zero attached hydrogens (tertiary/aromatic N) is 1. The highest BCUT2D eigenvalue weighted by atomic mass is 32.2. The summed E-state index contributed by atoms with van der Waals surface area (Å²) in [5.74, 6) is -0.569. The van der Waals surface area contributed by atoms with Crippen LogP contribution in [0.1, 0.15) is 6.42 Å². The van der Waals surface area contributed by atoms with Gasteiger partial charge >= 0.3 is 5.97 Å². The Hall–Kier alpha value is -1.69. The van der Waals surface area contributed by atoms with E-state index in [-0.39, 0.29) is 18.9 Å². The number of benzene rings is 1. The maximum atomic E-state index is 11.9. The average molecular weight is 266 g/mol. The van der Waals surface area contributed by atoms with Gasteiger partial charge in [-0.1, -0.05) is 0 Å². The van der Waals surface area contributed by atoms with Crippen LogP contribution in [0.25, 0.3) is 0 Å². The molecule has 1 amide bonds. The Balaban J connectivity index is 2.29. The molecule has 0 radical (unpaired) electrons. The molecule has 0 bridgehead atoms. The van der Waals surface area contributed by atoms with Crippen LogP contribution in [-0.4, -0.2) is 36.3 Å². The van der Waals surface area contributed by atoms with Gasteiger partial charge in [0.1, 0.15) is 0 Å². The Labute approximate surface area is 109 Å². The molecule has 6 heteroatoms. The van der Waals surface area contributed by atoms with Crippen molar-refractivity contribution in [2.75, 3.05) is 29.6 Å². The predicted molar refractivity (Wildman–Crippen MR) is 71.3 cm³/mol. The first-order chi connectivity index (χ1) is 8.61. The second kappa shape index (κ2) is 5.30. The lowest BCUT2D eigenvalue weighted by atomic mass is 10.2. The fourth-order valence-corrected chi connectivity index (χ4v) is 2.73. The SMILES string of the molecule is CNc1ccc2c(c1)N(CCC(=O)O)C(=O)CS2. The molecule has 1 aliphatic heterocycles. The van der Waals surface area contributed by atoms with Crippen molar-refractivity contribution in [3.8, 4) is 0 Å². The second-order valence-electron chi connectivity index (χ2n) is 3.91. The Bertz CT molecular complexity index is 490. The summed E-state index contributed by atoms with van der Waals surface area (Å²) < 4.78 is 0. The van der Waals surface area contributed by atoms with Gasteiger partial charge in [0, 0.05) is 24.2 Å². The molecule has 1 aromatic rings. The Morgan fingerprint density at radius 1 is 1.56 bits per heavy atom. The first-order valence-electron chi connectivity index (χ1n) is 5.58. The lowest BCUT2D eigenvalue weighted by Crippen LogP contribution is -2.37. The number of carboxylic acids is 1. The van der Waals surface area contributed by atoms with Crippen molar-refractivity contribution in [2.45, 2.75) is 11.3 Å². The monoisotopic (exact) mass is 266 g/mol. The molecule has 5 nitrogen and oxygen atoms in total. The molecule has 1 aliphatic rings. The average Bonchev–Trinajstić information content (AvgIpc) is 2.36. The quantitative estimate of drug-likeness (QED) is 0.867. The minimum absolute atomic E-state index is 0.0398. The van der Waals surface area contributed by atoms with Gasteiger partial charge in [-0.2, -0.15) is 0 Å². The van der Waals surface area contributed by atoms with Gasteiger partial charge in [-0.05, 0) is 18.2 Å². The number of hydrogen-bond donors (Lipinski definition) is 2. The summed E-state index contributed by atoms with van der Waals surface area (Å²) in [6, 6.07) is 5.77. The zero-order valence-corrected chi connectivity index (χ0v) is 10.8. The standard InChI is InChI=1S/C12H14N2O3S/c1-13-8-2-3-10-9(6-8)14(5-4-12(16)17)11(15)7-18-10/h2-3,6,13H,4-5,7H2,1H3,(H,16,17). The number of amides is 1. The molecule has 0 fully saturated rings. The van der Waals surface area contributed by atoms with Crippen LogP contribution in [0.2, 0.25) is 0 Å². The lowest BCUT2D eigenvalue weighted by molar-refractivity contribution is -0.136. The Morgan fingerprint density at radius 2 is 2.33 bits per heavy atom. The molecule has 0 atom stereocenters. The Morgan fingerprint density at radius 3 is 3.00 bits per heavy atom. The van der Waals surface area contributed by atoms with E-state index in [9.17, 15) is 9.59 Å². The topological polar surface area (TPSA) is 69.6 Å². The number of carbonyl (C=O) groups is 2. The summed E-state index contributed by atoms with van der Waals surface area (Å²) in [5.41, 5.74) is 1.70. The van der Waals surface area contributed by atoms with Gasteiger partial charge in [0.15, 0.2) is 0 Å². The first kappa shape index (κ1) is 12.8. The van der Waals surface area contributed by atoms with E-state index in [1.54, 1.807) is 11.9 Å². The number of carboxylic acid groups (broad SMARTS) is 1. The molecule has 0 saturated heterocycles. The number of hydrogen-bond acceptors (Lipinski definition) is 4. The Kier molecular flexibility index (Phi) is 3.76. The first-order valence-corrected chi connectivity index (χ1v) is 6.57. The van der Waals surface area contributed by atoms with Gasteiger partial charge in [0.25, 0.3) is 0 Å². The number of carbonyl (C=O) groups excluding carboxylic acids is 1. The van der Waals surface area contributed by atoms with Crippen molar-refractivity contribution in [2.24, 2.45) is 0 Å². The molecule has 2 N–H and O–H groups in total. The summed E-state index contributed by atoms with van der Waals surface area (Å²) in [7, 11) is 1.81. The number of fused-ring (bicyclic) bond motifs is 1. The summed E-state index contributed by atoms with van der Waals surface area (Å²) in [5, 5.41) is 11.7. The summed E-state index contributed by atoms with van der Waals surface area (Å²) in [4.78, 5) is 25.1. The van der Waals surface area contributed by atoms with Crippen LogP contribution >= 0.6 is 11.8 Å². The summed E-state index contributed by atoms with van der Waals surface area (Å²) in [6.07, 6.45) is -0.0420. The molecule has 0 saturated carbocycles. The highest BCUT2D eigenvalue weighted by Gasteiger charge is 2.25. The molecular formula is C12H14N2O3S. The number of rotatable bonds is 4. The fourth-order valence-electron chi connectivity index (χ4n) is 1.81. The fraction of sp³-hybridized carbons (Fsp3) is 0.333. The number of thioether (sulfide) groups is 1. The van der Waals surface area contributed by atoms with Crippen LogP contribution in [-0.2, 0) is 9.59 Å².